The van der Waals surface area contributed by atoms with Crippen molar-refractivity contribution in [1.82, 2.24) is 10.3 Å². The van der Waals surface area contributed by atoms with Crippen LogP contribution in [-0.2, 0) is 11.3 Å². The second kappa shape index (κ2) is 5.76. The molecule has 3 nitrogen and oxygen atoms in total. The van der Waals surface area contributed by atoms with Gasteiger partial charge in [0.15, 0.2) is 0 Å². The predicted molar refractivity (Wildman–Crippen MR) is 83.2 cm³/mol. The minimum Gasteiger partial charge on any atom is -0.381 e. The number of aromatic amines is 1. The third-order valence-corrected chi connectivity index (χ3v) is 4.53. The van der Waals surface area contributed by atoms with E-state index in [0.717, 1.165) is 49.7 Å². The third kappa shape index (κ3) is 3.00. The largest absolute Gasteiger partial charge is 0.381 e. The Labute approximate surface area is 124 Å². The fourth-order valence-corrected chi connectivity index (χ4v) is 3.02. The van der Waals surface area contributed by atoms with Crippen LogP contribution in [0.4, 0.5) is 0 Å². The number of ether oxygens (including phenoxy) is 1. The van der Waals surface area contributed by atoms with E-state index in [2.05, 4.69) is 29.5 Å². The summed E-state index contributed by atoms with van der Waals surface area (Å²) < 4.78 is 5.44. The van der Waals surface area contributed by atoms with Gasteiger partial charge in [0.1, 0.15) is 0 Å². The first-order valence-corrected chi connectivity index (χ1v) is 7.58. The molecule has 2 N–H and O–H groups in total. The van der Waals surface area contributed by atoms with Gasteiger partial charge in [-0.2, -0.15) is 0 Å². The number of hydrogen-bond donors (Lipinski definition) is 2. The van der Waals surface area contributed by atoms with E-state index in [1.54, 1.807) is 0 Å². The smallest absolute Gasteiger partial charge is 0.0472 e. The standard InChI is InChI=1S/C16H21ClN2O/c1-16(4-6-20-7-5-16)11-18-9-12-10-19-15-8-13(17)2-3-14(12)15/h2-3,8,10,18-19H,4-7,9,11H2,1H3. The predicted octanol–water partition coefficient (Wildman–Crippen LogP) is 3.73. The first-order chi connectivity index (χ1) is 9.66. The van der Waals surface area contributed by atoms with Crippen LogP contribution < -0.4 is 5.32 Å². The van der Waals surface area contributed by atoms with Gasteiger partial charge in [0.05, 0.1) is 0 Å². The van der Waals surface area contributed by atoms with E-state index >= 15 is 0 Å². The minimum absolute atomic E-state index is 0.369. The molecule has 2 aromatic rings. The Morgan fingerprint density at radius 3 is 2.95 bits per heavy atom. The van der Waals surface area contributed by atoms with Crippen LogP contribution in [0.3, 0.4) is 0 Å². The zero-order chi connectivity index (χ0) is 14.0. The molecule has 20 heavy (non-hydrogen) atoms. The summed E-state index contributed by atoms with van der Waals surface area (Å²) >= 11 is 6.00. The highest BCUT2D eigenvalue weighted by Crippen LogP contribution is 2.29. The van der Waals surface area contributed by atoms with Gasteiger partial charge in [-0.3, -0.25) is 0 Å². The monoisotopic (exact) mass is 292 g/mol. The summed E-state index contributed by atoms with van der Waals surface area (Å²) in [6.07, 6.45) is 4.35. The number of halogens is 1. The van der Waals surface area contributed by atoms with Crippen LogP contribution in [0, 0.1) is 5.41 Å². The van der Waals surface area contributed by atoms with E-state index in [1.165, 1.54) is 10.9 Å². The van der Waals surface area contributed by atoms with Gasteiger partial charge in [-0.25, -0.2) is 0 Å². The fourth-order valence-electron chi connectivity index (χ4n) is 2.84. The highest BCUT2D eigenvalue weighted by Gasteiger charge is 2.26. The SMILES string of the molecule is CC1(CNCc2c[nH]c3cc(Cl)ccc23)CCOCC1. The number of rotatable bonds is 4. The first-order valence-electron chi connectivity index (χ1n) is 7.20. The molecule has 0 saturated carbocycles. The van der Waals surface area contributed by atoms with Crippen LogP contribution >= 0.6 is 11.6 Å². The molecule has 0 amide bonds. The Bertz CT molecular complexity index is 587. The molecule has 0 radical (unpaired) electrons. The van der Waals surface area contributed by atoms with Crippen LogP contribution in [0.25, 0.3) is 10.9 Å². The molecule has 0 unspecified atom stereocenters. The summed E-state index contributed by atoms with van der Waals surface area (Å²) in [6, 6.07) is 6.00. The number of hydrogen-bond acceptors (Lipinski definition) is 2. The summed E-state index contributed by atoms with van der Waals surface area (Å²) in [5.41, 5.74) is 2.77. The Hall–Kier alpha value is -1.03. The van der Waals surface area contributed by atoms with Crippen LogP contribution in [0.1, 0.15) is 25.3 Å². The zero-order valence-electron chi connectivity index (χ0n) is 11.8. The number of H-pyrrole nitrogens is 1. The lowest BCUT2D eigenvalue weighted by Crippen LogP contribution is -2.36. The molecule has 3 rings (SSSR count). The van der Waals surface area contributed by atoms with E-state index in [9.17, 15) is 0 Å². The van der Waals surface area contributed by atoms with E-state index in [-0.39, 0.29) is 0 Å². The van der Waals surface area contributed by atoms with Gasteiger partial charge in [-0.15, -0.1) is 0 Å². The maximum atomic E-state index is 6.00. The van der Waals surface area contributed by atoms with E-state index < -0.39 is 0 Å². The lowest BCUT2D eigenvalue weighted by atomic mass is 9.82. The van der Waals surface area contributed by atoms with Crippen molar-refractivity contribution in [2.24, 2.45) is 5.41 Å². The number of benzene rings is 1. The van der Waals surface area contributed by atoms with Crippen LogP contribution in [0.2, 0.25) is 5.02 Å². The zero-order valence-corrected chi connectivity index (χ0v) is 12.6. The van der Waals surface area contributed by atoms with Gasteiger partial charge in [-0.05, 0) is 36.0 Å². The summed E-state index contributed by atoms with van der Waals surface area (Å²) in [4.78, 5) is 3.28. The molecule has 1 aliphatic heterocycles. The number of aromatic nitrogens is 1. The molecule has 1 fully saturated rings. The molecule has 0 spiro atoms. The van der Waals surface area contributed by atoms with Gasteiger partial charge in [0.2, 0.25) is 0 Å². The molecule has 0 atom stereocenters. The summed E-state index contributed by atoms with van der Waals surface area (Å²) in [6.45, 7) is 6.06. The topological polar surface area (TPSA) is 37.0 Å². The molecule has 4 heteroatoms. The number of fused-ring (bicyclic) bond motifs is 1. The average Bonchev–Trinajstić information content (AvgIpc) is 2.82. The van der Waals surface area contributed by atoms with Crippen molar-refractivity contribution in [3.8, 4) is 0 Å². The van der Waals surface area contributed by atoms with Crippen molar-refractivity contribution in [3.63, 3.8) is 0 Å². The van der Waals surface area contributed by atoms with Gasteiger partial charge >= 0.3 is 0 Å². The Balaban J connectivity index is 1.62. The Kier molecular flexibility index (Phi) is 4.01. The van der Waals surface area contributed by atoms with Gasteiger partial charge in [-0.1, -0.05) is 24.6 Å². The summed E-state index contributed by atoms with van der Waals surface area (Å²) in [5.74, 6) is 0. The Morgan fingerprint density at radius 2 is 2.15 bits per heavy atom. The first kappa shape index (κ1) is 13.9. The van der Waals surface area contributed by atoms with Crippen molar-refractivity contribution >= 4 is 22.5 Å². The van der Waals surface area contributed by atoms with Crippen molar-refractivity contribution < 1.29 is 4.74 Å². The second-order valence-electron chi connectivity index (χ2n) is 6.03. The molecule has 0 aliphatic carbocycles. The quantitative estimate of drug-likeness (QED) is 0.901. The third-order valence-electron chi connectivity index (χ3n) is 4.30. The highest BCUT2D eigenvalue weighted by molar-refractivity contribution is 6.31. The van der Waals surface area contributed by atoms with Gasteiger partial charge in [0, 0.05) is 48.4 Å². The van der Waals surface area contributed by atoms with Crippen molar-refractivity contribution in [3.05, 3.63) is 35.0 Å². The average molecular weight is 293 g/mol. The molecule has 2 heterocycles. The molecular formula is C16H21ClN2O. The van der Waals surface area contributed by atoms with Crippen LogP contribution in [0.15, 0.2) is 24.4 Å². The lowest BCUT2D eigenvalue weighted by molar-refractivity contribution is 0.0240. The second-order valence-corrected chi connectivity index (χ2v) is 6.47. The molecule has 108 valence electrons. The summed E-state index contributed by atoms with van der Waals surface area (Å²) in [5, 5.41) is 5.62. The van der Waals surface area contributed by atoms with Crippen molar-refractivity contribution in [2.75, 3.05) is 19.8 Å². The van der Waals surface area contributed by atoms with E-state index in [1.807, 2.05) is 12.1 Å². The molecule has 1 aromatic carbocycles. The molecule has 1 saturated heterocycles. The lowest BCUT2D eigenvalue weighted by Gasteiger charge is -2.33. The highest BCUT2D eigenvalue weighted by atomic mass is 35.5. The van der Waals surface area contributed by atoms with E-state index in [4.69, 9.17) is 16.3 Å². The van der Waals surface area contributed by atoms with E-state index in [0.29, 0.717) is 5.41 Å². The molecular weight excluding hydrogens is 272 g/mol. The number of nitrogens with one attached hydrogen (secondary N) is 2. The minimum atomic E-state index is 0.369. The maximum Gasteiger partial charge on any atom is 0.0472 e. The van der Waals surface area contributed by atoms with Gasteiger partial charge < -0.3 is 15.0 Å². The maximum absolute atomic E-state index is 6.00. The Morgan fingerprint density at radius 1 is 1.35 bits per heavy atom. The normalized spacial score (nSPS) is 18.5. The summed E-state index contributed by atoms with van der Waals surface area (Å²) in [7, 11) is 0. The fraction of sp³-hybridized carbons (Fsp3) is 0.500. The van der Waals surface area contributed by atoms with Crippen LogP contribution in [0.5, 0.6) is 0 Å². The van der Waals surface area contributed by atoms with Gasteiger partial charge in [0.25, 0.3) is 0 Å². The molecule has 1 aliphatic rings. The van der Waals surface area contributed by atoms with Crippen molar-refractivity contribution in [2.45, 2.75) is 26.3 Å². The van der Waals surface area contributed by atoms with Crippen LogP contribution in [-0.4, -0.2) is 24.7 Å². The molecule has 0 bridgehead atoms. The van der Waals surface area contributed by atoms with Crippen molar-refractivity contribution in [1.29, 1.82) is 0 Å². The molecule has 1 aromatic heterocycles.